The molecule has 4 heteroatoms. The molecule has 0 N–H and O–H groups in total. The fourth-order valence-corrected chi connectivity index (χ4v) is 21.1. The molecule has 8 rings (SSSR count). The Labute approximate surface area is 373 Å². The molecule has 8 aliphatic carbocycles. The Kier molecular flexibility index (Phi) is 30.5. The van der Waals surface area contributed by atoms with Gasteiger partial charge in [0.1, 0.15) is 0 Å². The largest absolute Gasteiger partial charge is 0.0971 e. The van der Waals surface area contributed by atoms with Crippen molar-refractivity contribution in [1.82, 2.24) is 0 Å². The molecule has 0 heterocycles. The van der Waals surface area contributed by atoms with Crippen LogP contribution >= 0.6 is 15.8 Å². The van der Waals surface area contributed by atoms with E-state index in [-0.39, 0.29) is 33.0 Å². The van der Waals surface area contributed by atoms with Crippen LogP contribution in [0.5, 0.6) is 0 Å². The van der Waals surface area contributed by atoms with E-state index in [2.05, 4.69) is 48.6 Å². The van der Waals surface area contributed by atoms with Crippen LogP contribution in [0, 0.1) is 0 Å². The third kappa shape index (κ3) is 20.1. The molecule has 0 unspecified atom stereocenters. The van der Waals surface area contributed by atoms with Gasteiger partial charge in [0.15, 0.2) is 0 Å². The topological polar surface area (TPSA) is 0 Å². The summed E-state index contributed by atoms with van der Waals surface area (Å²) >= 11 is 0. The zero-order valence-corrected chi connectivity index (χ0v) is 40.2. The van der Waals surface area contributed by atoms with Crippen molar-refractivity contribution in [3.8, 4) is 0 Å². The summed E-state index contributed by atoms with van der Waals surface area (Å²) < 4.78 is 0. The monoisotopic (exact) mass is 893 g/mol. The van der Waals surface area contributed by atoms with Crippen LogP contribution in [0.2, 0.25) is 0 Å². The van der Waals surface area contributed by atoms with E-state index in [0.29, 0.717) is 15.8 Å². The normalized spacial score (nSPS) is 26.5. The van der Waals surface area contributed by atoms with Crippen LogP contribution in [-0.2, 0) is 33.0 Å². The molecule has 0 spiro atoms. The van der Waals surface area contributed by atoms with Crippen molar-refractivity contribution in [2.75, 3.05) is 0 Å². The van der Waals surface area contributed by atoms with Gasteiger partial charge in [-0.05, 0) is 162 Å². The van der Waals surface area contributed by atoms with Crippen LogP contribution in [-0.4, -0.2) is 34.0 Å². The van der Waals surface area contributed by atoms with Gasteiger partial charge in [-0.2, -0.15) is 0 Å². The van der Waals surface area contributed by atoms with Crippen molar-refractivity contribution < 1.29 is 33.0 Å². The van der Waals surface area contributed by atoms with Gasteiger partial charge in [0, 0.05) is 33.0 Å². The molecule has 328 valence electrons. The Morgan fingerprint density at radius 3 is 0.446 bits per heavy atom. The quantitative estimate of drug-likeness (QED) is 0.142. The Morgan fingerprint density at radius 1 is 0.196 bits per heavy atom. The van der Waals surface area contributed by atoms with Crippen LogP contribution in [0.25, 0.3) is 0 Å². The molecule has 0 aromatic rings. The van der Waals surface area contributed by atoms with Crippen molar-refractivity contribution in [2.45, 2.75) is 278 Å². The number of hydrogen-bond donors (Lipinski definition) is 0. The first-order valence-electron chi connectivity index (χ1n) is 25.0. The maximum Gasteiger partial charge on any atom is 0 e. The minimum atomic E-state index is 0. The number of allylic oxidation sites excluding steroid dienone is 8. The molecule has 6 saturated carbocycles. The molecule has 0 aromatic carbocycles. The van der Waals surface area contributed by atoms with Gasteiger partial charge < -0.3 is 0 Å². The second-order valence-electron chi connectivity index (χ2n) is 18.8. The zero-order chi connectivity index (χ0) is 37.1. The van der Waals surface area contributed by atoms with Crippen molar-refractivity contribution in [3.05, 3.63) is 48.6 Å². The molecule has 0 amide bonds. The number of rotatable bonds is 6. The Morgan fingerprint density at radius 2 is 0.321 bits per heavy atom. The van der Waals surface area contributed by atoms with Gasteiger partial charge in [-0.1, -0.05) is 180 Å². The fraction of sp³-hybridized carbons (Fsp3) is 0.846. The predicted octanol–water partition coefficient (Wildman–Crippen LogP) is 18.3. The minimum Gasteiger partial charge on any atom is -0.0971 e. The molecule has 6 fully saturated rings. The standard InChI is InChI=1S/2C18H33P.2C8H12.2Ni/c2*1-4-10-16(11-5-1)19(17-12-6-2-7-13-17)18-14-8-3-9-15-18;2*1-2-4-6-8-7-5-3-1;;/h2*16-18H,1-15H2;2*1-2,7-8H,3-6H2;;/b;;2*2-1-,8-7?;;. The summed E-state index contributed by atoms with van der Waals surface area (Å²) in [5.74, 6) is 0. The van der Waals surface area contributed by atoms with Crippen LogP contribution < -0.4 is 0 Å². The molecular weight excluding hydrogens is 804 g/mol. The molecule has 0 aromatic heterocycles. The van der Waals surface area contributed by atoms with Gasteiger partial charge in [0.2, 0.25) is 0 Å². The van der Waals surface area contributed by atoms with E-state index in [0.717, 1.165) is 0 Å². The van der Waals surface area contributed by atoms with Crippen molar-refractivity contribution in [1.29, 1.82) is 0 Å². The van der Waals surface area contributed by atoms with Crippen LogP contribution in [0.1, 0.15) is 244 Å². The van der Waals surface area contributed by atoms with Crippen LogP contribution in [0.15, 0.2) is 48.6 Å². The van der Waals surface area contributed by atoms with Crippen molar-refractivity contribution in [2.24, 2.45) is 0 Å². The summed E-state index contributed by atoms with van der Waals surface area (Å²) in [5, 5.41) is 0. The van der Waals surface area contributed by atoms with E-state index in [1.54, 1.807) is 154 Å². The van der Waals surface area contributed by atoms with E-state index >= 15 is 0 Å². The fourth-order valence-electron chi connectivity index (χ4n) is 11.8. The van der Waals surface area contributed by atoms with E-state index in [1.165, 1.54) is 124 Å². The predicted molar refractivity (Wildman–Crippen MR) is 249 cm³/mol. The Balaban J connectivity index is 0.000000213. The average molecular weight is 895 g/mol. The average Bonchev–Trinajstić information content (AvgIpc) is 3.21. The summed E-state index contributed by atoms with van der Waals surface area (Å²) in [4.78, 5) is 0. The first-order valence-corrected chi connectivity index (χ1v) is 28.1. The van der Waals surface area contributed by atoms with Gasteiger partial charge in [0.25, 0.3) is 0 Å². The number of hydrogen-bond acceptors (Lipinski definition) is 0. The summed E-state index contributed by atoms with van der Waals surface area (Å²) in [6.07, 6.45) is 75.2. The molecule has 8 aliphatic rings. The molecule has 0 nitrogen and oxygen atoms in total. The van der Waals surface area contributed by atoms with Gasteiger partial charge in [0.05, 0.1) is 0 Å². The zero-order valence-electron chi connectivity index (χ0n) is 36.5. The maximum absolute atomic E-state index is 2.27. The molecule has 0 atom stereocenters. The molecule has 0 saturated heterocycles. The first kappa shape index (κ1) is 51.2. The second-order valence-corrected chi connectivity index (χ2v) is 25.0. The van der Waals surface area contributed by atoms with Crippen LogP contribution in [0.3, 0.4) is 0 Å². The Bertz CT molecular complexity index is 796. The van der Waals surface area contributed by atoms with Gasteiger partial charge in [-0.3, -0.25) is 0 Å². The van der Waals surface area contributed by atoms with Gasteiger partial charge >= 0.3 is 0 Å². The maximum atomic E-state index is 2.27. The smallest absolute Gasteiger partial charge is 0 e. The summed E-state index contributed by atoms with van der Waals surface area (Å²) in [6.45, 7) is 0. The van der Waals surface area contributed by atoms with E-state index in [1.807, 2.05) is 0 Å². The summed E-state index contributed by atoms with van der Waals surface area (Å²) in [7, 11) is 0.770. The third-order valence-corrected chi connectivity index (χ3v) is 22.8. The summed E-state index contributed by atoms with van der Waals surface area (Å²) in [5.41, 5.74) is 7.14. The van der Waals surface area contributed by atoms with E-state index in [4.69, 9.17) is 0 Å². The van der Waals surface area contributed by atoms with E-state index in [9.17, 15) is 0 Å². The van der Waals surface area contributed by atoms with Gasteiger partial charge in [-0.25, -0.2) is 0 Å². The Hall–Kier alpha value is 0.807. The SMILES string of the molecule is C1=CCC/C=C\CC1.C1=CCC/C=C\CC1.C1CCC(P(C2CCCCC2)C2CCCCC2)CC1.C1CCC(P(C2CCCCC2)C2CCCCC2)CC1.[Ni].[Ni]. The second kappa shape index (κ2) is 33.4. The van der Waals surface area contributed by atoms with Crippen molar-refractivity contribution >= 4 is 15.8 Å². The van der Waals surface area contributed by atoms with Gasteiger partial charge in [-0.15, -0.1) is 0 Å². The summed E-state index contributed by atoms with van der Waals surface area (Å²) in [6, 6.07) is 0. The molecule has 0 radical (unpaired) electrons. The minimum absolute atomic E-state index is 0. The van der Waals surface area contributed by atoms with Crippen LogP contribution in [0.4, 0.5) is 0 Å². The third-order valence-electron chi connectivity index (χ3n) is 14.6. The molecule has 56 heavy (non-hydrogen) atoms. The molecule has 0 aliphatic heterocycles. The van der Waals surface area contributed by atoms with E-state index < -0.39 is 0 Å². The first-order chi connectivity index (χ1) is 26.9. The molecule has 0 bridgehead atoms. The van der Waals surface area contributed by atoms with Crippen molar-refractivity contribution in [3.63, 3.8) is 0 Å². The molecular formula is C52H90Ni2P2.